The highest BCUT2D eigenvalue weighted by Gasteiger charge is 2.29. The van der Waals surface area contributed by atoms with Crippen molar-refractivity contribution in [1.29, 1.82) is 0 Å². The Morgan fingerprint density at radius 3 is 2.58 bits per heavy atom. The molecular formula is C30H38N4O2. The number of hydrogen-bond acceptors (Lipinski definition) is 4. The molecule has 1 aliphatic heterocycles. The molecule has 190 valence electrons. The fraction of sp³-hybridized carbons (Fsp3) is 0.467. The number of carbonyl (C=O) groups excluding carboxylic acids is 1. The van der Waals surface area contributed by atoms with Gasteiger partial charge in [-0.05, 0) is 35.9 Å². The molecule has 2 aromatic carbocycles. The molecule has 1 atom stereocenters. The van der Waals surface area contributed by atoms with E-state index in [0.29, 0.717) is 24.7 Å². The molecule has 1 unspecified atom stereocenters. The predicted octanol–water partition coefficient (Wildman–Crippen LogP) is 4.09. The molecule has 1 saturated carbocycles. The molecule has 0 bridgehead atoms. The molecule has 36 heavy (non-hydrogen) atoms. The number of carbonyl (C=O) groups is 1. The van der Waals surface area contributed by atoms with Crippen LogP contribution in [0, 0.1) is 5.92 Å². The number of nitrogens with one attached hydrogen (secondary N) is 1. The highest BCUT2D eigenvalue weighted by atomic mass is 16.2. The number of fused-ring (bicyclic) bond motifs is 1. The summed E-state index contributed by atoms with van der Waals surface area (Å²) < 4.78 is 1.72. The zero-order valence-corrected chi connectivity index (χ0v) is 21.4. The average Bonchev–Trinajstić information content (AvgIpc) is 2.94. The van der Waals surface area contributed by atoms with Crippen molar-refractivity contribution in [3.63, 3.8) is 0 Å². The van der Waals surface area contributed by atoms with Crippen LogP contribution in [0.1, 0.15) is 49.3 Å². The highest BCUT2D eigenvalue weighted by molar-refractivity contribution is 5.81. The molecule has 6 nitrogen and oxygen atoms in total. The van der Waals surface area contributed by atoms with Crippen LogP contribution in [0.3, 0.4) is 0 Å². The van der Waals surface area contributed by atoms with E-state index >= 15 is 0 Å². The molecule has 6 heteroatoms. The van der Waals surface area contributed by atoms with Crippen molar-refractivity contribution in [1.82, 2.24) is 19.7 Å². The van der Waals surface area contributed by atoms with E-state index in [1.54, 1.807) is 4.57 Å². The number of benzene rings is 2. The van der Waals surface area contributed by atoms with Crippen molar-refractivity contribution in [2.24, 2.45) is 13.0 Å². The number of rotatable bonds is 7. The second-order valence-corrected chi connectivity index (χ2v) is 10.4. The quantitative estimate of drug-likeness (QED) is 0.547. The van der Waals surface area contributed by atoms with E-state index in [1.807, 2.05) is 42.3 Å². The number of amides is 1. The summed E-state index contributed by atoms with van der Waals surface area (Å²) in [5, 5.41) is 4.56. The van der Waals surface area contributed by atoms with Crippen molar-refractivity contribution < 1.29 is 4.79 Å². The second kappa shape index (κ2) is 11.4. The molecule has 1 N–H and O–H groups in total. The van der Waals surface area contributed by atoms with Crippen molar-refractivity contribution in [3.05, 3.63) is 82.1 Å². The van der Waals surface area contributed by atoms with E-state index < -0.39 is 0 Å². The first-order chi connectivity index (χ1) is 17.6. The van der Waals surface area contributed by atoms with Gasteiger partial charge in [0.25, 0.3) is 5.56 Å². The van der Waals surface area contributed by atoms with Gasteiger partial charge in [0, 0.05) is 57.3 Å². The Morgan fingerprint density at radius 2 is 1.78 bits per heavy atom. The van der Waals surface area contributed by atoms with Gasteiger partial charge in [-0.2, -0.15) is 0 Å². The van der Waals surface area contributed by atoms with Crippen LogP contribution >= 0.6 is 0 Å². The molecule has 5 rings (SSSR count). The Morgan fingerprint density at radius 1 is 1.03 bits per heavy atom. The fourth-order valence-electron chi connectivity index (χ4n) is 5.95. The Hall–Kier alpha value is -2.96. The number of aromatic nitrogens is 1. The molecular weight excluding hydrogens is 448 g/mol. The van der Waals surface area contributed by atoms with Gasteiger partial charge in [-0.15, -0.1) is 0 Å². The van der Waals surface area contributed by atoms with Crippen LogP contribution in [0.5, 0.6) is 0 Å². The minimum atomic E-state index is -0.0144. The minimum absolute atomic E-state index is 0.0144. The Bertz CT molecular complexity index is 1230. The third-order valence-corrected chi connectivity index (χ3v) is 8.03. The summed E-state index contributed by atoms with van der Waals surface area (Å²) in [7, 11) is 1.83. The average molecular weight is 487 g/mol. The van der Waals surface area contributed by atoms with Crippen molar-refractivity contribution >= 4 is 16.8 Å². The Kier molecular flexibility index (Phi) is 7.83. The predicted molar refractivity (Wildman–Crippen MR) is 145 cm³/mol. The Balaban J connectivity index is 1.39. The molecule has 3 aromatic rings. The lowest BCUT2D eigenvalue weighted by Crippen LogP contribution is -2.49. The molecule has 2 fully saturated rings. The van der Waals surface area contributed by atoms with Crippen LogP contribution in [0.25, 0.3) is 10.9 Å². The van der Waals surface area contributed by atoms with Gasteiger partial charge in [-0.3, -0.25) is 14.5 Å². The number of aryl methyl sites for hydroxylation is 1. The van der Waals surface area contributed by atoms with Crippen molar-refractivity contribution in [2.75, 3.05) is 32.7 Å². The molecule has 1 amide bonds. The van der Waals surface area contributed by atoms with Gasteiger partial charge in [0.2, 0.25) is 5.91 Å². The van der Waals surface area contributed by atoms with Gasteiger partial charge >= 0.3 is 0 Å². The highest BCUT2D eigenvalue weighted by Crippen LogP contribution is 2.27. The van der Waals surface area contributed by atoms with Gasteiger partial charge in [-0.1, -0.05) is 67.8 Å². The maximum Gasteiger partial charge on any atom is 0.255 e. The Labute approximate surface area is 213 Å². The normalized spacial score (nSPS) is 19.4. The van der Waals surface area contributed by atoms with E-state index in [1.165, 1.54) is 12.0 Å². The monoisotopic (exact) mass is 486 g/mol. The summed E-state index contributed by atoms with van der Waals surface area (Å²) in [6, 6.07) is 20.9. The summed E-state index contributed by atoms with van der Waals surface area (Å²) in [6.45, 7) is 4.61. The van der Waals surface area contributed by atoms with Gasteiger partial charge in [-0.25, -0.2) is 0 Å². The second-order valence-electron chi connectivity index (χ2n) is 10.4. The first-order valence-corrected chi connectivity index (χ1v) is 13.5. The largest absolute Gasteiger partial charge is 0.337 e. The van der Waals surface area contributed by atoms with E-state index in [9.17, 15) is 9.59 Å². The first kappa shape index (κ1) is 24.7. The van der Waals surface area contributed by atoms with Crippen LogP contribution in [0.15, 0.2) is 65.5 Å². The summed E-state index contributed by atoms with van der Waals surface area (Å²) in [5.41, 5.74) is 2.90. The third-order valence-electron chi connectivity index (χ3n) is 8.03. The first-order valence-electron chi connectivity index (χ1n) is 13.5. The molecule has 1 aromatic heterocycles. The smallest absolute Gasteiger partial charge is 0.255 e. The minimum Gasteiger partial charge on any atom is -0.337 e. The summed E-state index contributed by atoms with van der Waals surface area (Å²) in [6.07, 6.45) is 5.39. The lowest BCUT2D eigenvalue weighted by molar-refractivity contribution is -0.137. The van der Waals surface area contributed by atoms with Gasteiger partial charge < -0.3 is 14.8 Å². The summed E-state index contributed by atoms with van der Waals surface area (Å²) in [5.74, 6) is 0.298. The number of nitrogens with zero attached hydrogens (tertiary/aromatic N) is 3. The number of para-hydroxylation sites is 1. The van der Waals surface area contributed by atoms with E-state index in [0.717, 1.165) is 62.8 Å². The van der Waals surface area contributed by atoms with E-state index in [2.05, 4.69) is 40.5 Å². The van der Waals surface area contributed by atoms with Gasteiger partial charge in [0.05, 0.1) is 12.1 Å². The standard InChI is InChI=1S/C30H38N4O2/c1-32-27-15-9-8-14-25(27)20-26(29(32)35)22-34(30(36)24-12-6-3-7-13-24)19-18-33-17-16-31-21-28(33)23-10-4-2-5-11-23/h2,4-5,8-11,14-15,20,24,28,31H,3,6-7,12-13,16-19,21-22H2,1H3. The maximum absolute atomic E-state index is 13.8. The lowest BCUT2D eigenvalue weighted by atomic mass is 9.88. The lowest BCUT2D eigenvalue weighted by Gasteiger charge is -2.38. The van der Waals surface area contributed by atoms with Crippen LogP contribution in [0.2, 0.25) is 0 Å². The van der Waals surface area contributed by atoms with Crippen LogP contribution in [-0.2, 0) is 18.4 Å². The molecule has 2 aliphatic rings. The topological polar surface area (TPSA) is 57.6 Å². The number of piperazine rings is 1. The third kappa shape index (κ3) is 5.40. The molecule has 1 saturated heterocycles. The van der Waals surface area contributed by atoms with Crippen molar-refractivity contribution in [3.8, 4) is 0 Å². The molecule has 1 aliphatic carbocycles. The van der Waals surface area contributed by atoms with Crippen molar-refractivity contribution in [2.45, 2.75) is 44.7 Å². The molecule has 0 spiro atoms. The van der Waals surface area contributed by atoms with Gasteiger partial charge in [0.15, 0.2) is 0 Å². The maximum atomic E-state index is 13.8. The van der Waals surface area contributed by atoms with Crippen LogP contribution in [0.4, 0.5) is 0 Å². The molecule has 2 heterocycles. The molecule has 0 radical (unpaired) electrons. The zero-order chi connectivity index (χ0) is 24.9. The number of hydrogen-bond donors (Lipinski definition) is 1. The van der Waals surface area contributed by atoms with E-state index in [4.69, 9.17) is 0 Å². The summed E-state index contributed by atoms with van der Waals surface area (Å²) >= 11 is 0. The summed E-state index contributed by atoms with van der Waals surface area (Å²) in [4.78, 5) is 31.5. The van der Waals surface area contributed by atoms with Crippen LogP contribution < -0.4 is 10.9 Å². The fourth-order valence-corrected chi connectivity index (χ4v) is 5.95. The van der Waals surface area contributed by atoms with Gasteiger partial charge in [0.1, 0.15) is 0 Å². The van der Waals surface area contributed by atoms with E-state index in [-0.39, 0.29) is 17.4 Å². The zero-order valence-electron chi connectivity index (χ0n) is 21.4. The number of pyridine rings is 1. The SMILES string of the molecule is Cn1c(=O)c(CN(CCN2CCNCC2c2ccccc2)C(=O)C2CCCCC2)cc2ccccc21. The van der Waals surface area contributed by atoms with Crippen LogP contribution in [-0.4, -0.2) is 53.0 Å².